The normalized spacial score (nSPS) is 31.7. The van der Waals surface area contributed by atoms with Gasteiger partial charge in [-0.1, -0.05) is 6.92 Å². The zero-order valence-corrected chi connectivity index (χ0v) is 12.2. The highest BCUT2D eigenvalue weighted by Gasteiger charge is 2.25. The Bertz CT molecular complexity index is 227. The smallest absolute Gasteiger partial charge is 0.0507 e. The number of rotatable bonds is 6. The van der Waals surface area contributed by atoms with Gasteiger partial charge < -0.3 is 15.0 Å². The molecule has 0 aromatic heterocycles. The minimum atomic E-state index is 0.658. The highest BCUT2D eigenvalue weighted by molar-refractivity contribution is 4.81. The molecule has 18 heavy (non-hydrogen) atoms. The molecule has 0 radical (unpaired) electrons. The topological polar surface area (TPSA) is 24.5 Å². The van der Waals surface area contributed by atoms with Crippen molar-refractivity contribution in [2.24, 2.45) is 11.8 Å². The van der Waals surface area contributed by atoms with Crippen molar-refractivity contribution in [1.29, 1.82) is 0 Å². The fraction of sp³-hybridized carbons (Fsp3) is 1.00. The van der Waals surface area contributed by atoms with Gasteiger partial charge in [-0.25, -0.2) is 0 Å². The van der Waals surface area contributed by atoms with Crippen LogP contribution in [-0.4, -0.2) is 50.3 Å². The van der Waals surface area contributed by atoms with Crippen LogP contribution in [0.25, 0.3) is 0 Å². The molecule has 0 bridgehead atoms. The number of likely N-dealkylation sites (tertiary alicyclic amines) is 1. The standard InChI is InChI=1S/C15H30N2O/c1-3-7-17-8-4-5-15(11-17)13(2)16-10-14-6-9-18-12-14/h13-16H,3-12H2,1-2H3. The number of ether oxygens (including phenoxy) is 1. The summed E-state index contributed by atoms with van der Waals surface area (Å²) in [5, 5.41) is 3.75. The largest absolute Gasteiger partial charge is 0.381 e. The van der Waals surface area contributed by atoms with Gasteiger partial charge in [0.05, 0.1) is 6.61 Å². The van der Waals surface area contributed by atoms with Crippen LogP contribution in [-0.2, 0) is 4.74 Å². The first-order valence-electron chi connectivity index (χ1n) is 7.83. The molecule has 2 aliphatic rings. The second-order valence-corrected chi connectivity index (χ2v) is 6.13. The van der Waals surface area contributed by atoms with Gasteiger partial charge in [0.1, 0.15) is 0 Å². The lowest BCUT2D eigenvalue weighted by Crippen LogP contribution is -2.45. The lowest BCUT2D eigenvalue weighted by molar-refractivity contribution is 0.147. The Kier molecular flexibility index (Phi) is 5.93. The molecular formula is C15H30N2O. The summed E-state index contributed by atoms with van der Waals surface area (Å²) >= 11 is 0. The molecule has 0 saturated carbocycles. The predicted octanol–water partition coefficient (Wildman–Crippen LogP) is 2.12. The zero-order chi connectivity index (χ0) is 12.8. The third-order valence-corrected chi connectivity index (χ3v) is 4.54. The molecule has 0 aromatic carbocycles. The summed E-state index contributed by atoms with van der Waals surface area (Å²) in [6.45, 7) is 11.6. The maximum atomic E-state index is 5.44. The van der Waals surface area contributed by atoms with E-state index < -0.39 is 0 Å². The lowest BCUT2D eigenvalue weighted by Gasteiger charge is -2.36. The third kappa shape index (κ3) is 4.22. The lowest BCUT2D eigenvalue weighted by atomic mass is 9.91. The molecule has 2 saturated heterocycles. The van der Waals surface area contributed by atoms with Gasteiger partial charge in [0.15, 0.2) is 0 Å². The Morgan fingerprint density at radius 3 is 3.00 bits per heavy atom. The predicted molar refractivity (Wildman–Crippen MR) is 75.8 cm³/mol. The van der Waals surface area contributed by atoms with Crippen LogP contribution in [0.1, 0.15) is 39.5 Å². The summed E-state index contributed by atoms with van der Waals surface area (Å²) < 4.78 is 5.44. The molecule has 3 nitrogen and oxygen atoms in total. The minimum absolute atomic E-state index is 0.658. The molecule has 0 spiro atoms. The van der Waals surface area contributed by atoms with Crippen LogP contribution < -0.4 is 5.32 Å². The fourth-order valence-corrected chi connectivity index (χ4v) is 3.28. The van der Waals surface area contributed by atoms with E-state index >= 15 is 0 Å². The summed E-state index contributed by atoms with van der Waals surface area (Å²) in [5.41, 5.74) is 0. The molecule has 2 heterocycles. The van der Waals surface area contributed by atoms with Gasteiger partial charge in [-0.2, -0.15) is 0 Å². The highest BCUT2D eigenvalue weighted by atomic mass is 16.5. The number of nitrogens with one attached hydrogen (secondary N) is 1. The van der Waals surface area contributed by atoms with Gasteiger partial charge in [0.2, 0.25) is 0 Å². The van der Waals surface area contributed by atoms with Gasteiger partial charge >= 0.3 is 0 Å². The minimum Gasteiger partial charge on any atom is -0.381 e. The van der Waals surface area contributed by atoms with E-state index in [2.05, 4.69) is 24.1 Å². The average molecular weight is 254 g/mol. The SMILES string of the molecule is CCCN1CCCC(C(C)NCC2CCOC2)C1. The van der Waals surface area contributed by atoms with E-state index in [1.165, 1.54) is 45.3 Å². The molecule has 0 amide bonds. The van der Waals surface area contributed by atoms with E-state index in [1.807, 2.05) is 0 Å². The quantitative estimate of drug-likeness (QED) is 0.786. The summed E-state index contributed by atoms with van der Waals surface area (Å²) in [5.74, 6) is 1.59. The number of hydrogen-bond donors (Lipinski definition) is 1. The second kappa shape index (κ2) is 7.46. The first kappa shape index (κ1) is 14.3. The molecule has 0 aliphatic carbocycles. The van der Waals surface area contributed by atoms with Crippen LogP contribution in [0.3, 0.4) is 0 Å². The van der Waals surface area contributed by atoms with Crippen molar-refractivity contribution in [3.63, 3.8) is 0 Å². The van der Waals surface area contributed by atoms with E-state index in [1.54, 1.807) is 0 Å². The highest BCUT2D eigenvalue weighted by Crippen LogP contribution is 2.20. The number of nitrogens with zero attached hydrogens (tertiary/aromatic N) is 1. The number of hydrogen-bond acceptors (Lipinski definition) is 3. The van der Waals surface area contributed by atoms with E-state index in [4.69, 9.17) is 4.74 Å². The molecule has 3 atom stereocenters. The first-order valence-corrected chi connectivity index (χ1v) is 7.83. The van der Waals surface area contributed by atoms with Crippen molar-refractivity contribution >= 4 is 0 Å². The molecule has 106 valence electrons. The molecule has 2 rings (SSSR count). The third-order valence-electron chi connectivity index (χ3n) is 4.54. The van der Waals surface area contributed by atoms with E-state index in [9.17, 15) is 0 Å². The Balaban J connectivity index is 1.68. The van der Waals surface area contributed by atoms with Crippen molar-refractivity contribution in [1.82, 2.24) is 10.2 Å². The van der Waals surface area contributed by atoms with Crippen molar-refractivity contribution in [3.8, 4) is 0 Å². The van der Waals surface area contributed by atoms with E-state index in [-0.39, 0.29) is 0 Å². The Labute approximate surface area is 112 Å². The maximum Gasteiger partial charge on any atom is 0.0507 e. The van der Waals surface area contributed by atoms with Gasteiger partial charge in [-0.05, 0) is 57.5 Å². The van der Waals surface area contributed by atoms with E-state index in [0.29, 0.717) is 6.04 Å². The van der Waals surface area contributed by atoms with Crippen LogP contribution in [0.2, 0.25) is 0 Å². The average Bonchev–Trinajstić information content (AvgIpc) is 2.90. The zero-order valence-electron chi connectivity index (χ0n) is 12.2. The molecule has 2 aliphatic heterocycles. The van der Waals surface area contributed by atoms with Crippen LogP contribution in [0.5, 0.6) is 0 Å². The van der Waals surface area contributed by atoms with Crippen molar-refractivity contribution in [3.05, 3.63) is 0 Å². The molecule has 1 N–H and O–H groups in total. The van der Waals surface area contributed by atoms with Crippen molar-refractivity contribution in [2.75, 3.05) is 39.4 Å². The summed E-state index contributed by atoms with van der Waals surface area (Å²) in [4.78, 5) is 2.64. The fourth-order valence-electron chi connectivity index (χ4n) is 3.28. The van der Waals surface area contributed by atoms with Gasteiger partial charge in [-0.15, -0.1) is 0 Å². The molecule has 3 unspecified atom stereocenters. The maximum absolute atomic E-state index is 5.44. The van der Waals surface area contributed by atoms with Crippen LogP contribution in [0.4, 0.5) is 0 Å². The monoisotopic (exact) mass is 254 g/mol. The molecule has 2 fully saturated rings. The van der Waals surface area contributed by atoms with Gasteiger partial charge in [-0.3, -0.25) is 0 Å². The van der Waals surface area contributed by atoms with Gasteiger partial charge in [0, 0.05) is 25.7 Å². The summed E-state index contributed by atoms with van der Waals surface area (Å²) in [6.07, 6.45) is 5.30. The Morgan fingerprint density at radius 1 is 1.39 bits per heavy atom. The van der Waals surface area contributed by atoms with Crippen LogP contribution in [0, 0.1) is 11.8 Å². The first-order chi connectivity index (χ1) is 8.79. The van der Waals surface area contributed by atoms with Crippen LogP contribution >= 0.6 is 0 Å². The van der Waals surface area contributed by atoms with Crippen LogP contribution in [0.15, 0.2) is 0 Å². The Hall–Kier alpha value is -0.120. The molecule has 0 aromatic rings. The second-order valence-electron chi connectivity index (χ2n) is 6.13. The van der Waals surface area contributed by atoms with Crippen molar-refractivity contribution < 1.29 is 4.74 Å². The van der Waals surface area contributed by atoms with E-state index in [0.717, 1.165) is 31.6 Å². The summed E-state index contributed by atoms with van der Waals surface area (Å²) in [7, 11) is 0. The van der Waals surface area contributed by atoms with Gasteiger partial charge in [0.25, 0.3) is 0 Å². The number of piperidine rings is 1. The Morgan fingerprint density at radius 2 is 2.28 bits per heavy atom. The summed E-state index contributed by atoms with van der Waals surface area (Å²) in [6, 6.07) is 0.658. The molecular weight excluding hydrogens is 224 g/mol. The molecule has 3 heteroatoms. The van der Waals surface area contributed by atoms with Crippen molar-refractivity contribution in [2.45, 2.75) is 45.6 Å².